The largest absolute Gasteiger partial charge is 0.374 e. The Kier molecular flexibility index (Phi) is 5.42. The maximum atomic E-state index is 12.7. The molecule has 2 unspecified atom stereocenters. The summed E-state index contributed by atoms with van der Waals surface area (Å²) >= 11 is 0. The maximum Gasteiger partial charge on any atom is 0.246 e. The zero-order valence-electron chi connectivity index (χ0n) is 14.4. The van der Waals surface area contributed by atoms with E-state index < -0.39 is 6.04 Å². The average molecular weight is 298 g/mol. The molecule has 122 valence electrons. The lowest BCUT2D eigenvalue weighted by Gasteiger charge is -2.43. The topological polar surface area (TPSA) is 58.6 Å². The van der Waals surface area contributed by atoms with Crippen LogP contribution in [0, 0.1) is 5.41 Å². The molecule has 2 amide bonds. The van der Waals surface area contributed by atoms with Crippen LogP contribution in [0.3, 0.4) is 0 Å². The summed E-state index contributed by atoms with van der Waals surface area (Å²) in [6, 6.07) is -0.859. The molecule has 0 aromatic rings. The Balaban J connectivity index is 2.84. The molecule has 0 radical (unpaired) electrons. The zero-order valence-corrected chi connectivity index (χ0v) is 14.4. The van der Waals surface area contributed by atoms with E-state index in [1.54, 1.807) is 4.90 Å². The summed E-state index contributed by atoms with van der Waals surface area (Å²) in [5.41, 5.74) is -0.541. The van der Waals surface area contributed by atoms with Gasteiger partial charge in [-0.05, 0) is 32.6 Å². The van der Waals surface area contributed by atoms with Crippen LogP contribution in [0.4, 0.5) is 0 Å². The Morgan fingerprint density at radius 2 is 1.71 bits per heavy atom. The molecule has 1 saturated heterocycles. The summed E-state index contributed by atoms with van der Waals surface area (Å²) in [4.78, 5) is 26.6. The van der Waals surface area contributed by atoms with Crippen molar-refractivity contribution in [1.29, 1.82) is 0 Å². The molecule has 21 heavy (non-hydrogen) atoms. The van der Waals surface area contributed by atoms with Gasteiger partial charge in [-0.15, -0.1) is 0 Å². The molecule has 1 rings (SSSR count). The Bertz CT molecular complexity index is 393. The Hall–Kier alpha value is -1.10. The molecular formula is C16H30N2O3. The highest BCUT2D eigenvalue weighted by atomic mass is 16.5. The van der Waals surface area contributed by atoms with Crippen molar-refractivity contribution in [3.63, 3.8) is 0 Å². The van der Waals surface area contributed by atoms with Crippen LogP contribution in [-0.2, 0) is 14.3 Å². The second-order valence-electron chi connectivity index (χ2n) is 7.72. The van der Waals surface area contributed by atoms with E-state index in [9.17, 15) is 9.59 Å². The molecule has 1 N–H and O–H groups in total. The highest BCUT2D eigenvalue weighted by Gasteiger charge is 2.44. The maximum absolute atomic E-state index is 12.7. The molecular weight excluding hydrogens is 268 g/mol. The number of nitrogens with zero attached hydrogens (tertiary/aromatic N) is 1. The Labute approximate surface area is 128 Å². The Morgan fingerprint density at radius 3 is 2.14 bits per heavy atom. The van der Waals surface area contributed by atoms with Crippen LogP contribution in [0.15, 0.2) is 0 Å². The second kappa shape index (κ2) is 6.34. The summed E-state index contributed by atoms with van der Waals surface area (Å²) in [6.07, 6.45) is 0.615. The van der Waals surface area contributed by atoms with Gasteiger partial charge in [-0.1, -0.05) is 27.7 Å². The van der Waals surface area contributed by atoms with Crippen molar-refractivity contribution in [2.45, 2.75) is 72.6 Å². The molecule has 1 fully saturated rings. The second-order valence-corrected chi connectivity index (χ2v) is 7.72. The lowest BCUT2D eigenvalue weighted by atomic mass is 9.83. The first-order chi connectivity index (χ1) is 9.47. The SMILES string of the molecule is CCC1C(=O)NC(C(C)(C)C)C(=O)N1CCOC(C)(C)C. The molecule has 5 nitrogen and oxygen atoms in total. The van der Waals surface area contributed by atoms with E-state index in [1.165, 1.54) is 0 Å². The molecule has 0 saturated carbocycles. The number of hydrogen-bond acceptors (Lipinski definition) is 3. The van der Waals surface area contributed by atoms with Crippen molar-refractivity contribution < 1.29 is 14.3 Å². The van der Waals surface area contributed by atoms with Crippen molar-refractivity contribution in [3.8, 4) is 0 Å². The van der Waals surface area contributed by atoms with Gasteiger partial charge in [-0.25, -0.2) is 0 Å². The highest BCUT2D eigenvalue weighted by molar-refractivity contribution is 5.97. The van der Waals surface area contributed by atoms with Crippen molar-refractivity contribution in [2.24, 2.45) is 5.41 Å². The number of piperazine rings is 1. The van der Waals surface area contributed by atoms with Gasteiger partial charge in [0.2, 0.25) is 11.8 Å². The third kappa shape index (κ3) is 4.70. The van der Waals surface area contributed by atoms with Crippen LogP contribution in [-0.4, -0.2) is 47.6 Å². The highest BCUT2D eigenvalue weighted by Crippen LogP contribution is 2.26. The zero-order chi connectivity index (χ0) is 16.4. The van der Waals surface area contributed by atoms with Crippen LogP contribution in [0.25, 0.3) is 0 Å². The van der Waals surface area contributed by atoms with Crippen molar-refractivity contribution in [3.05, 3.63) is 0 Å². The smallest absolute Gasteiger partial charge is 0.246 e. The van der Waals surface area contributed by atoms with E-state index in [-0.39, 0.29) is 28.9 Å². The molecule has 0 aliphatic carbocycles. The molecule has 5 heteroatoms. The monoisotopic (exact) mass is 298 g/mol. The summed E-state index contributed by atoms with van der Waals surface area (Å²) in [5, 5.41) is 2.87. The minimum absolute atomic E-state index is 0.00791. The molecule has 0 bridgehead atoms. The van der Waals surface area contributed by atoms with Crippen molar-refractivity contribution >= 4 is 11.8 Å². The van der Waals surface area contributed by atoms with Gasteiger partial charge in [0.1, 0.15) is 12.1 Å². The van der Waals surface area contributed by atoms with E-state index in [0.717, 1.165) is 0 Å². The quantitative estimate of drug-likeness (QED) is 0.863. The molecule has 1 aliphatic heterocycles. The molecule has 0 aromatic heterocycles. The first kappa shape index (κ1) is 18.0. The van der Waals surface area contributed by atoms with Gasteiger partial charge in [0.15, 0.2) is 0 Å². The average Bonchev–Trinajstić information content (AvgIpc) is 2.30. The number of hydrogen-bond donors (Lipinski definition) is 1. The lowest BCUT2D eigenvalue weighted by molar-refractivity contribution is -0.154. The first-order valence-corrected chi connectivity index (χ1v) is 7.72. The van der Waals surface area contributed by atoms with Gasteiger partial charge in [-0.2, -0.15) is 0 Å². The number of amides is 2. The summed E-state index contributed by atoms with van der Waals surface area (Å²) in [7, 11) is 0. The number of carbonyl (C=O) groups excluding carboxylic acids is 2. The molecule has 0 spiro atoms. The molecule has 1 aliphatic rings. The van der Waals surface area contributed by atoms with Gasteiger partial charge in [0.05, 0.1) is 12.2 Å². The Morgan fingerprint density at radius 1 is 1.14 bits per heavy atom. The number of rotatable bonds is 4. The van der Waals surface area contributed by atoms with Crippen molar-refractivity contribution in [2.75, 3.05) is 13.2 Å². The number of ether oxygens (including phenoxy) is 1. The fourth-order valence-corrected chi connectivity index (χ4v) is 2.47. The number of carbonyl (C=O) groups is 2. The van der Waals surface area contributed by atoms with Crippen LogP contribution < -0.4 is 5.32 Å². The molecule has 1 heterocycles. The van der Waals surface area contributed by atoms with E-state index in [1.807, 2.05) is 48.5 Å². The summed E-state index contributed by atoms with van der Waals surface area (Å²) < 4.78 is 5.70. The van der Waals surface area contributed by atoms with E-state index >= 15 is 0 Å². The van der Waals surface area contributed by atoms with Gasteiger partial charge in [0, 0.05) is 6.54 Å². The van der Waals surface area contributed by atoms with E-state index in [0.29, 0.717) is 19.6 Å². The predicted octanol–water partition coefficient (Wildman–Crippen LogP) is 1.95. The van der Waals surface area contributed by atoms with Crippen LogP contribution in [0.1, 0.15) is 54.9 Å². The fraction of sp³-hybridized carbons (Fsp3) is 0.875. The van der Waals surface area contributed by atoms with E-state index in [2.05, 4.69) is 5.32 Å². The predicted molar refractivity (Wildman–Crippen MR) is 82.9 cm³/mol. The normalized spacial score (nSPS) is 24.2. The minimum atomic E-state index is -0.470. The van der Waals surface area contributed by atoms with Gasteiger partial charge < -0.3 is 15.0 Å². The molecule has 0 aromatic carbocycles. The van der Waals surface area contributed by atoms with Gasteiger partial charge >= 0.3 is 0 Å². The lowest BCUT2D eigenvalue weighted by Crippen LogP contribution is -2.66. The van der Waals surface area contributed by atoms with Crippen molar-refractivity contribution in [1.82, 2.24) is 10.2 Å². The summed E-state index contributed by atoms with van der Waals surface area (Å²) in [5.74, 6) is -0.0701. The third-order valence-corrected chi connectivity index (χ3v) is 3.62. The standard InChI is InChI=1S/C16H30N2O3/c1-8-11-13(19)17-12(15(2,3)4)14(20)18(11)9-10-21-16(5,6)7/h11-12H,8-10H2,1-7H3,(H,17,19). The fourth-order valence-electron chi connectivity index (χ4n) is 2.47. The number of nitrogens with one attached hydrogen (secondary N) is 1. The van der Waals surface area contributed by atoms with Crippen LogP contribution in [0.5, 0.6) is 0 Å². The third-order valence-electron chi connectivity index (χ3n) is 3.62. The molecule has 2 atom stereocenters. The first-order valence-electron chi connectivity index (χ1n) is 7.72. The van der Waals surface area contributed by atoms with Crippen LogP contribution in [0.2, 0.25) is 0 Å². The van der Waals surface area contributed by atoms with Gasteiger partial charge in [0.25, 0.3) is 0 Å². The van der Waals surface area contributed by atoms with E-state index in [4.69, 9.17) is 4.74 Å². The van der Waals surface area contributed by atoms with Crippen LogP contribution >= 0.6 is 0 Å². The minimum Gasteiger partial charge on any atom is -0.374 e. The van der Waals surface area contributed by atoms with Gasteiger partial charge in [-0.3, -0.25) is 9.59 Å². The summed E-state index contributed by atoms with van der Waals surface area (Å²) in [6.45, 7) is 14.6.